The van der Waals surface area contributed by atoms with Gasteiger partial charge in [0.05, 0.1) is 0 Å². The predicted octanol–water partition coefficient (Wildman–Crippen LogP) is 2.27. The third-order valence-electron chi connectivity index (χ3n) is 3.24. The quantitative estimate of drug-likeness (QED) is 0.494. The van der Waals surface area contributed by atoms with E-state index in [1.807, 2.05) is 18.2 Å². The molecular formula is C14H18N2O2. The van der Waals surface area contributed by atoms with Crippen molar-refractivity contribution in [3.05, 3.63) is 35.9 Å². The van der Waals surface area contributed by atoms with E-state index in [2.05, 4.69) is 5.16 Å². The maximum atomic E-state index is 12.3. The standard InChI is InChI=1S/C14H18N2O2/c17-14(16-10-6-1-2-7-11-16)13(15-18)12-8-4-3-5-9-12/h3-5,8-9,18H,1-2,6-7,10-11H2/b15-13+. The lowest BCUT2D eigenvalue weighted by Crippen LogP contribution is -2.37. The van der Waals surface area contributed by atoms with Crippen LogP contribution in [0.1, 0.15) is 31.2 Å². The van der Waals surface area contributed by atoms with Crippen LogP contribution in [0.2, 0.25) is 0 Å². The summed E-state index contributed by atoms with van der Waals surface area (Å²) in [4.78, 5) is 14.1. The fourth-order valence-electron chi connectivity index (χ4n) is 2.24. The highest BCUT2D eigenvalue weighted by Crippen LogP contribution is 2.12. The first kappa shape index (κ1) is 12.6. The highest BCUT2D eigenvalue weighted by atomic mass is 16.4. The van der Waals surface area contributed by atoms with E-state index in [1.165, 1.54) is 12.8 Å². The molecule has 1 fully saturated rings. The Hall–Kier alpha value is -1.84. The third-order valence-corrected chi connectivity index (χ3v) is 3.24. The van der Waals surface area contributed by atoms with E-state index in [0.29, 0.717) is 5.56 Å². The summed E-state index contributed by atoms with van der Waals surface area (Å²) in [7, 11) is 0. The zero-order valence-electron chi connectivity index (χ0n) is 10.4. The van der Waals surface area contributed by atoms with E-state index in [0.717, 1.165) is 25.9 Å². The van der Waals surface area contributed by atoms with Crippen LogP contribution < -0.4 is 0 Å². The Kier molecular flexibility index (Phi) is 4.34. The van der Waals surface area contributed by atoms with E-state index >= 15 is 0 Å². The number of carbonyl (C=O) groups excluding carboxylic acids is 1. The molecule has 2 rings (SSSR count). The van der Waals surface area contributed by atoms with Gasteiger partial charge in [-0.15, -0.1) is 0 Å². The molecule has 1 aromatic rings. The average Bonchev–Trinajstić information content (AvgIpc) is 2.69. The van der Waals surface area contributed by atoms with Gasteiger partial charge in [0.2, 0.25) is 0 Å². The van der Waals surface area contributed by atoms with Crippen LogP contribution in [0.3, 0.4) is 0 Å². The molecule has 0 aliphatic carbocycles. The zero-order chi connectivity index (χ0) is 12.8. The van der Waals surface area contributed by atoms with E-state index in [-0.39, 0.29) is 11.6 Å². The smallest absolute Gasteiger partial charge is 0.276 e. The van der Waals surface area contributed by atoms with Crippen LogP contribution in [-0.4, -0.2) is 34.8 Å². The molecule has 0 atom stereocenters. The van der Waals surface area contributed by atoms with Crippen molar-refractivity contribution in [3.63, 3.8) is 0 Å². The summed E-state index contributed by atoms with van der Waals surface area (Å²) in [5.41, 5.74) is 0.798. The third kappa shape index (κ3) is 2.88. The van der Waals surface area contributed by atoms with Gasteiger partial charge in [0, 0.05) is 18.7 Å². The minimum atomic E-state index is -0.175. The number of amides is 1. The molecule has 0 unspecified atom stereocenters. The van der Waals surface area contributed by atoms with Gasteiger partial charge < -0.3 is 10.1 Å². The number of rotatable bonds is 2. The van der Waals surface area contributed by atoms with Crippen LogP contribution in [0.25, 0.3) is 0 Å². The molecule has 1 saturated heterocycles. The number of likely N-dealkylation sites (tertiary alicyclic amines) is 1. The van der Waals surface area contributed by atoms with Crippen LogP contribution in [-0.2, 0) is 4.79 Å². The predicted molar refractivity (Wildman–Crippen MR) is 69.8 cm³/mol. The summed E-state index contributed by atoms with van der Waals surface area (Å²) in [6.07, 6.45) is 4.39. The number of benzene rings is 1. The molecule has 1 heterocycles. The lowest BCUT2D eigenvalue weighted by molar-refractivity contribution is -0.124. The molecule has 4 heteroatoms. The Balaban J connectivity index is 2.15. The normalized spacial score (nSPS) is 17.3. The van der Waals surface area contributed by atoms with E-state index < -0.39 is 0 Å². The summed E-state index contributed by atoms with van der Waals surface area (Å²) >= 11 is 0. The molecule has 1 N–H and O–H groups in total. The Bertz CT molecular complexity index is 421. The van der Waals surface area contributed by atoms with Crippen LogP contribution in [0.5, 0.6) is 0 Å². The van der Waals surface area contributed by atoms with Gasteiger partial charge in [0.15, 0.2) is 5.71 Å². The molecule has 4 nitrogen and oxygen atoms in total. The number of hydrogen-bond acceptors (Lipinski definition) is 3. The Morgan fingerprint density at radius 2 is 1.67 bits per heavy atom. The van der Waals surface area contributed by atoms with Gasteiger partial charge in [-0.05, 0) is 12.8 Å². The van der Waals surface area contributed by atoms with E-state index in [9.17, 15) is 4.79 Å². The molecule has 96 valence electrons. The number of carbonyl (C=O) groups is 1. The van der Waals surface area contributed by atoms with Gasteiger partial charge >= 0.3 is 0 Å². The summed E-state index contributed by atoms with van der Waals surface area (Å²) in [6, 6.07) is 9.09. The number of nitrogens with zero attached hydrogens (tertiary/aromatic N) is 2. The molecule has 1 aliphatic rings. The first-order valence-corrected chi connectivity index (χ1v) is 6.39. The Labute approximate surface area is 107 Å². The first-order valence-electron chi connectivity index (χ1n) is 6.39. The molecule has 0 radical (unpaired) electrons. The van der Waals surface area contributed by atoms with Crippen molar-refractivity contribution in [2.75, 3.05) is 13.1 Å². The second-order valence-corrected chi connectivity index (χ2v) is 4.52. The maximum absolute atomic E-state index is 12.3. The summed E-state index contributed by atoms with van der Waals surface area (Å²) in [6.45, 7) is 1.51. The average molecular weight is 246 g/mol. The summed E-state index contributed by atoms with van der Waals surface area (Å²) in [5, 5.41) is 12.3. The molecule has 1 aliphatic heterocycles. The molecule has 0 saturated carbocycles. The monoisotopic (exact) mass is 246 g/mol. The molecule has 0 aromatic heterocycles. The molecule has 1 amide bonds. The van der Waals surface area contributed by atoms with Crippen LogP contribution in [0.15, 0.2) is 35.5 Å². The Morgan fingerprint density at radius 1 is 1.06 bits per heavy atom. The lowest BCUT2D eigenvalue weighted by Gasteiger charge is -2.20. The topological polar surface area (TPSA) is 52.9 Å². The van der Waals surface area contributed by atoms with Gasteiger partial charge in [-0.1, -0.05) is 48.3 Å². The lowest BCUT2D eigenvalue weighted by atomic mass is 10.1. The SMILES string of the molecule is O=C(/C(=N/O)c1ccccc1)N1CCCCCC1. The first-order chi connectivity index (χ1) is 8.83. The van der Waals surface area contributed by atoms with Crippen molar-refractivity contribution in [1.82, 2.24) is 4.90 Å². The fraction of sp³-hybridized carbons (Fsp3) is 0.429. The maximum Gasteiger partial charge on any atom is 0.276 e. The molecule has 0 spiro atoms. The van der Waals surface area contributed by atoms with E-state index in [1.54, 1.807) is 17.0 Å². The van der Waals surface area contributed by atoms with Crippen LogP contribution in [0, 0.1) is 0 Å². The highest BCUT2D eigenvalue weighted by molar-refractivity contribution is 6.45. The van der Waals surface area contributed by atoms with Crippen molar-refractivity contribution in [3.8, 4) is 0 Å². The van der Waals surface area contributed by atoms with Gasteiger partial charge in [-0.3, -0.25) is 4.79 Å². The van der Waals surface area contributed by atoms with Gasteiger partial charge in [-0.25, -0.2) is 0 Å². The number of hydrogen-bond donors (Lipinski definition) is 1. The van der Waals surface area contributed by atoms with E-state index in [4.69, 9.17) is 5.21 Å². The molecule has 0 bridgehead atoms. The zero-order valence-corrected chi connectivity index (χ0v) is 10.4. The second kappa shape index (κ2) is 6.19. The Morgan fingerprint density at radius 3 is 2.22 bits per heavy atom. The molecule has 18 heavy (non-hydrogen) atoms. The molecular weight excluding hydrogens is 228 g/mol. The highest BCUT2D eigenvalue weighted by Gasteiger charge is 2.22. The van der Waals surface area contributed by atoms with Crippen molar-refractivity contribution in [1.29, 1.82) is 0 Å². The largest absolute Gasteiger partial charge is 0.410 e. The van der Waals surface area contributed by atoms with Gasteiger partial charge in [0.25, 0.3) is 5.91 Å². The minimum Gasteiger partial charge on any atom is -0.410 e. The van der Waals surface area contributed by atoms with Crippen molar-refractivity contribution in [2.45, 2.75) is 25.7 Å². The van der Waals surface area contributed by atoms with Crippen molar-refractivity contribution < 1.29 is 10.0 Å². The summed E-state index contributed by atoms with van der Waals surface area (Å²) in [5.74, 6) is -0.175. The fourth-order valence-corrected chi connectivity index (χ4v) is 2.24. The second-order valence-electron chi connectivity index (χ2n) is 4.52. The van der Waals surface area contributed by atoms with Gasteiger partial charge in [0.1, 0.15) is 0 Å². The molecule has 1 aromatic carbocycles. The van der Waals surface area contributed by atoms with Crippen LogP contribution >= 0.6 is 0 Å². The van der Waals surface area contributed by atoms with Gasteiger partial charge in [-0.2, -0.15) is 0 Å². The number of oxime groups is 1. The van der Waals surface area contributed by atoms with Crippen molar-refractivity contribution in [2.24, 2.45) is 5.16 Å². The van der Waals surface area contributed by atoms with Crippen LogP contribution in [0.4, 0.5) is 0 Å². The van der Waals surface area contributed by atoms with Crippen molar-refractivity contribution >= 4 is 11.6 Å². The minimum absolute atomic E-state index is 0.137. The summed E-state index contributed by atoms with van der Waals surface area (Å²) < 4.78 is 0.